The van der Waals surface area contributed by atoms with Crippen molar-refractivity contribution in [3.8, 4) is 0 Å². The minimum atomic E-state index is -1.24. The molecular weight excluding hydrogens is 572 g/mol. The highest BCUT2D eigenvalue weighted by molar-refractivity contribution is 5.95. The van der Waals surface area contributed by atoms with E-state index in [1.54, 1.807) is 44.2 Å². The summed E-state index contributed by atoms with van der Waals surface area (Å²) in [6.07, 6.45) is 0.184. The molecule has 0 bridgehead atoms. The number of carbonyl (C=O) groups excluding carboxylic acids is 4. The quantitative estimate of drug-likeness (QED) is 0.0584. The van der Waals surface area contributed by atoms with Crippen molar-refractivity contribution in [1.29, 1.82) is 0 Å². The molecule has 44 heavy (non-hydrogen) atoms. The monoisotopic (exact) mass is 618 g/mol. The van der Waals surface area contributed by atoms with Gasteiger partial charge in [-0.05, 0) is 44.1 Å². The van der Waals surface area contributed by atoms with Gasteiger partial charge in [0, 0.05) is 19.5 Å². The molecule has 0 aromatic heterocycles. The number of carboxylic acids is 1. The van der Waals surface area contributed by atoms with Crippen molar-refractivity contribution < 1.29 is 34.2 Å². The van der Waals surface area contributed by atoms with Gasteiger partial charge in [0.15, 0.2) is 5.96 Å². The highest BCUT2D eigenvalue weighted by Crippen LogP contribution is 2.19. The molecule has 15 heteroatoms. The average molecular weight is 619 g/mol. The van der Waals surface area contributed by atoms with Crippen LogP contribution in [-0.2, 0) is 30.4 Å². The Kier molecular flexibility index (Phi) is 14.0. The summed E-state index contributed by atoms with van der Waals surface area (Å²) in [4.78, 5) is 70.1. The van der Waals surface area contributed by atoms with Crippen LogP contribution in [0.5, 0.6) is 0 Å². The highest BCUT2D eigenvalue weighted by Gasteiger charge is 2.39. The zero-order valence-corrected chi connectivity index (χ0v) is 25.4. The highest BCUT2D eigenvalue weighted by atomic mass is 16.4. The maximum Gasteiger partial charge on any atom is 0.326 e. The number of rotatable bonds is 16. The van der Waals surface area contributed by atoms with E-state index in [2.05, 4.69) is 20.9 Å². The number of aliphatic carboxylic acids is 1. The lowest BCUT2D eigenvalue weighted by molar-refractivity contribution is -0.142. The zero-order valence-electron chi connectivity index (χ0n) is 25.4. The van der Waals surface area contributed by atoms with Crippen molar-refractivity contribution in [3.63, 3.8) is 0 Å². The second kappa shape index (κ2) is 17.2. The van der Waals surface area contributed by atoms with Crippen LogP contribution < -0.4 is 33.2 Å². The molecule has 1 aliphatic rings. The van der Waals surface area contributed by atoms with Gasteiger partial charge < -0.3 is 48.3 Å². The minimum absolute atomic E-state index is 0.0411. The van der Waals surface area contributed by atoms with Crippen molar-refractivity contribution >= 4 is 35.6 Å². The molecule has 244 valence electrons. The maximum absolute atomic E-state index is 13.5. The number of carboxylic acid groups (broad SMARTS) is 1. The van der Waals surface area contributed by atoms with Crippen LogP contribution >= 0.6 is 0 Å². The topological polar surface area (TPSA) is 256 Å². The number of carbonyl (C=O) groups is 5. The fourth-order valence-corrected chi connectivity index (χ4v) is 4.84. The van der Waals surface area contributed by atoms with Gasteiger partial charge in [-0.1, -0.05) is 44.2 Å². The summed E-state index contributed by atoms with van der Waals surface area (Å²) in [5.74, 6) is -4.34. The lowest BCUT2D eigenvalue weighted by Gasteiger charge is -2.30. The fourth-order valence-electron chi connectivity index (χ4n) is 4.84. The number of aliphatic hydroxyl groups excluding tert-OH is 1. The molecular formula is C29H46N8O7. The summed E-state index contributed by atoms with van der Waals surface area (Å²) in [7, 11) is 0. The van der Waals surface area contributed by atoms with Gasteiger partial charge in [-0.2, -0.15) is 0 Å². The van der Waals surface area contributed by atoms with Crippen LogP contribution in [0.3, 0.4) is 0 Å². The van der Waals surface area contributed by atoms with Gasteiger partial charge in [0.05, 0.1) is 6.10 Å². The summed E-state index contributed by atoms with van der Waals surface area (Å²) in [5.41, 5.74) is 17.3. The lowest BCUT2D eigenvalue weighted by Crippen LogP contribution is -2.59. The van der Waals surface area contributed by atoms with E-state index >= 15 is 0 Å². The number of amides is 4. The Bertz CT molecular complexity index is 1170. The van der Waals surface area contributed by atoms with Crippen LogP contribution in [0, 0.1) is 5.92 Å². The molecule has 6 unspecified atom stereocenters. The minimum Gasteiger partial charge on any atom is -0.480 e. The summed E-state index contributed by atoms with van der Waals surface area (Å²) in [6.45, 7) is 5.20. The van der Waals surface area contributed by atoms with E-state index in [0.717, 1.165) is 0 Å². The second-order valence-corrected chi connectivity index (χ2v) is 11.3. The molecule has 2 rings (SSSR count). The molecule has 0 radical (unpaired) electrons. The number of nitrogens with zero attached hydrogens (tertiary/aromatic N) is 2. The molecule has 6 atom stereocenters. The largest absolute Gasteiger partial charge is 0.480 e. The molecule has 0 aliphatic carbocycles. The number of aliphatic hydroxyl groups is 1. The smallest absolute Gasteiger partial charge is 0.326 e. The number of benzene rings is 1. The van der Waals surface area contributed by atoms with Crippen molar-refractivity contribution in [3.05, 3.63) is 35.9 Å². The second-order valence-electron chi connectivity index (χ2n) is 11.3. The van der Waals surface area contributed by atoms with Crippen LogP contribution in [0.1, 0.15) is 52.0 Å². The first kappa shape index (κ1) is 36.0. The van der Waals surface area contributed by atoms with E-state index < -0.39 is 71.8 Å². The van der Waals surface area contributed by atoms with Gasteiger partial charge in [-0.15, -0.1) is 0 Å². The Morgan fingerprint density at radius 3 is 2.23 bits per heavy atom. The first-order chi connectivity index (χ1) is 20.7. The summed E-state index contributed by atoms with van der Waals surface area (Å²) in [6, 6.07) is 3.21. The molecule has 1 aromatic carbocycles. The van der Waals surface area contributed by atoms with Crippen molar-refractivity contribution in [2.45, 2.75) is 89.2 Å². The Hall–Kier alpha value is -4.24. The van der Waals surface area contributed by atoms with Crippen LogP contribution in [0.4, 0.5) is 0 Å². The van der Waals surface area contributed by atoms with E-state index in [-0.39, 0.29) is 31.9 Å². The summed E-state index contributed by atoms with van der Waals surface area (Å²) >= 11 is 0. The van der Waals surface area contributed by atoms with Crippen molar-refractivity contribution in [2.24, 2.45) is 28.1 Å². The van der Waals surface area contributed by atoms with Crippen molar-refractivity contribution in [2.75, 3.05) is 13.1 Å². The third-order valence-corrected chi connectivity index (χ3v) is 7.37. The first-order valence-corrected chi connectivity index (χ1v) is 14.7. The van der Waals surface area contributed by atoms with Crippen LogP contribution in [0.25, 0.3) is 0 Å². The predicted molar refractivity (Wildman–Crippen MR) is 163 cm³/mol. The van der Waals surface area contributed by atoms with Crippen LogP contribution in [0.2, 0.25) is 0 Å². The molecule has 1 saturated heterocycles. The molecule has 1 heterocycles. The third kappa shape index (κ3) is 10.8. The first-order valence-electron chi connectivity index (χ1n) is 14.7. The van der Waals surface area contributed by atoms with Crippen molar-refractivity contribution in [1.82, 2.24) is 20.9 Å². The molecule has 0 spiro atoms. The Morgan fingerprint density at radius 2 is 1.66 bits per heavy atom. The van der Waals surface area contributed by atoms with E-state index in [4.69, 9.17) is 17.2 Å². The van der Waals surface area contributed by atoms with Crippen LogP contribution in [-0.4, -0.2) is 100 Å². The number of nitrogens with one attached hydrogen (secondary N) is 3. The molecule has 15 nitrogen and oxygen atoms in total. The van der Waals surface area contributed by atoms with E-state index in [1.165, 1.54) is 11.8 Å². The van der Waals surface area contributed by atoms with Gasteiger partial charge in [0.1, 0.15) is 30.2 Å². The van der Waals surface area contributed by atoms with Crippen LogP contribution in [0.15, 0.2) is 35.3 Å². The average Bonchev–Trinajstić information content (AvgIpc) is 3.46. The predicted octanol–water partition coefficient (Wildman–Crippen LogP) is -1.82. The number of likely N-dealkylation sites (tertiary alicyclic amines) is 1. The normalized spacial score (nSPS) is 18.0. The fraction of sp³-hybridized carbons (Fsp3) is 0.586. The molecule has 4 amide bonds. The Morgan fingerprint density at radius 1 is 1.00 bits per heavy atom. The zero-order chi connectivity index (χ0) is 33.0. The summed E-state index contributed by atoms with van der Waals surface area (Å²) < 4.78 is 0. The van der Waals surface area contributed by atoms with Gasteiger partial charge in [0.2, 0.25) is 23.6 Å². The van der Waals surface area contributed by atoms with Gasteiger partial charge in [-0.3, -0.25) is 24.2 Å². The lowest BCUT2D eigenvalue weighted by atomic mass is 10.00. The van der Waals surface area contributed by atoms with Gasteiger partial charge >= 0.3 is 5.97 Å². The standard InChI is InChI=1S/C29H46N8O7/c1-16(2)23(26(41)35-20(28(43)44)15-18-9-5-4-6-10-18)36-24(39)19(11-7-13-33-29(31)32)34-25(40)21-12-8-14-37(21)27(42)22(30)17(3)38/h4-6,9-10,16-17,19-23,38H,7-8,11-15,30H2,1-3H3,(H,34,40)(H,35,41)(H,36,39)(H,43,44)(H4,31,32,33). The van der Waals surface area contributed by atoms with E-state index in [0.29, 0.717) is 24.8 Å². The third-order valence-electron chi connectivity index (χ3n) is 7.37. The number of aliphatic imine (C=N–C) groups is 1. The van der Waals surface area contributed by atoms with E-state index in [9.17, 15) is 34.2 Å². The molecule has 1 aromatic rings. The Labute approximate surface area is 257 Å². The molecule has 0 saturated carbocycles. The van der Waals surface area contributed by atoms with Gasteiger partial charge in [-0.25, -0.2) is 4.79 Å². The summed E-state index contributed by atoms with van der Waals surface area (Å²) in [5, 5.41) is 27.4. The number of nitrogens with two attached hydrogens (primary N) is 3. The molecule has 1 fully saturated rings. The number of hydrogen-bond donors (Lipinski definition) is 8. The number of hydrogen-bond acceptors (Lipinski definition) is 8. The number of guanidine groups is 1. The maximum atomic E-state index is 13.5. The Balaban J connectivity index is 2.20. The molecule has 11 N–H and O–H groups in total. The SMILES string of the molecule is CC(C)C(NC(=O)C(CCCN=C(N)N)NC(=O)C1CCCN1C(=O)C(N)C(C)O)C(=O)NC(Cc1ccccc1)C(=O)O. The molecule has 1 aliphatic heterocycles. The van der Waals surface area contributed by atoms with E-state index in [1.807, 2.05) is 0 Å². The van der Waals surface area contributed by atoms with Gasteiger partial charge in [0.25, 0.3) is 0 Å².